The molecule has 4 nitrogen and oxygen atoms in total. The molecule has 0 saturated carbocycles. The number of allylic oxidation sites excluding steroid dienone is 1. The molecule has 0 radical (unpaired) electrons. The summed E-state index contributed by atoms with van der Waals surface area (Å²) in [6.45, 7) is 14.7. The van der Waals surface area contributed by atoms with Crippen LogP contribution in [0.5, 0.6) is 0 Å². The first-order chi connectivity index (χ1) is 14.3. The van der Waals surface area contributed by atoms with E-state index in [0.717, 1.165) is 31.8 Å². The smallest absolute Gasteiger partial charge is 0.132 e. The summed E-state index contributed by atoms with van der Waals surface area (Å²) in [5, 5.41) is 0. The Morgan fingerprint density at radius 3 is 2.37 bits per heavy atom. The van der Waals surface area contributed by atoms with Crippen LogP contribution in [0.1, 0.15) is 66.4 Å². The predicted molar refractivity (Wildman–Crippen MR) is 128 cm³/mol. The van der Waals surface area contributed by atoms with Gasteiger partial charge in [-0.3, -0.25) is 9.89 Å². The molecule has 30 heavy (non-hydrogen) atoms. The van der Waals surface area contributed by atoms with Crippen LogP contribution in [0.25, 0.3) is 5.70 Å². The van der Waals surface area contributed by atoms with Crippen LogP contribution in [-0.4, -0.2) is 43.1 Å². The molecule has 1 aromatic rings. The second-order valence-electron chi connectivity index (χ2n) is 7.40. The number of ketones is 1. The van der Waals surface area contributed by atoms with Gasteiger partial charge >= 0.3 is 0 Å². The minimum absolute atomic E-state index is 0.167. The number of benzene rings is 1. The maximum Gasteiger partial charge on any atom is 0.132 e. The summed E-state index contributed by atoms with van der Waals surface area (Å²) in [6.07, 6.45) is 5.43. The number of carbonyl (C=O) groups excluding carboxylic acids is 1. The Morgan fingerprint density at radius 2 is 1.83 bits per heavy atom. The van der Waals surface area contributed by atoms with Crippen molar-refractivity contribution in [3.8, 4) is 0 Å². The zero-order valence-corrected chi connectivity index (χ0v) is 19.9. The van der Waals surface area contributed by atoms with E-state index < -0.39 is 0 Å². The van der Waals surface area contributed by atoms with Gasteiger partial charge in [0.15, 0.2) is 0 Å². The van der Waals surface area contributed by atoms with Crippen LogP contribution in [0.4, 0.5) is 4.39 Å². The molecule has 0 spiro atoms. The number of carbonyl (C=O) groups is 1. The van der Waals surface area contributed by atoms with Gasteiger partial charge in [0.05, 0.1) is 5.70 Å². The molecular formula is C25H40FN3O. The summed E-state index contributed by atoms with van der Waals surface area (Å²) >= 11 is 0. The molecule has 0 saturated heterocycles. The van der Waals surface area contributed by atoms with E-state index in [1.165, 1.54) is 50.9 Å². The van der Waals surface area contributed by atoms with E-state index >= 15 is 0 Å². The van der Waals surface area contributed by atoms with Crippen molar-refractivity contribution in [3.05, 3.63) is 52.9 Å². The number of rotatable bonds is 6. The van der Waals surface area contributed by atoms with Crippen molar-refractivity contribution >= 4 is 17.2 Å². The lowest BCUT2D eigenvalue weighted by Crippen LogP contribution is -2.34. The second-order valence-corrected chi connectivity index (χ2v) is 7.40. The van der Waals surface area contributed by atoms with Crippen LogP contribution in [0.3, 0.4) is 0 Å². The van der Waals surface area contributed by atoms with E-state index in [2.05, 4.69) is 24.5 Å². The van der Waals surface area contributed by atoms with E-state index in [9.17, 15) is 9.18 Å². The van der Waals surface area contributed by atoms with Gasteiger partial charge in [-0.2, -0.15) is 0 Å². The number of nitrogens with zero attached hydrogens (tertiary/aromatic N) is 2. The average Bonchev–Trinajstić information content (AvgIpc) is 2.73. The Labute approximate surface area is 182 Å². The van der Waals surface area contributed by atoms with E-state index in [4.69, 9.17) is 4.99 Å². The Balaban J connectivity index is 0.00000125. The third kappa shape index (κ3) is 10.1. The summed E-state index contributed by atoms with van der Waals surface area (Å²) in [4.78, 5) is 16.7. The normalized spacial score (nSPS) is 15.1. The molecule has 1 aliphatic heterocycles. The summed E-state index contributed by atoms with van der Waals surface area (Å²) in [6, 6.07) is 6.84. The quantitative estimate of drug-likeness (QED) is 0.609. The Hall–Kier alpha value is -2.11. The van der Waals surface area contributed by atoms with Crippen molar-refractivity contribution < 1.29 is 9.18 Å². The van der Waals surface area contributed by atoms with Gasteiger partial charge in [0.1, 0.15) is 11.6 Å². The minimum atomic E-state index is -0.221. The molecule has 5 heteroatoms. The first kappa shape index (κ1) is 27.9. The van der Waals surface area contributed by atoms with E-state index in [-0.39, 0.29) is 11.6 Å². The molecule has 168 valence electrons. The third-order valence-electron chi connectivity index (χ3n) is 4.68. The van der Waals surface area contributed by atoms with Gasteiger partial charge in [0.25, 0.3) is 0 Å². The lowest BCUT2D eigenvalue weighted by atomic mass is 9.97. The fourth-order valence-corrected chi connectivity index (χ4v) is 3.11. The van der Waals surface area contributed by atoms with Crippen LogP contribution in [0.2, 0.25) is 0 Å². The number of nitrogens with two attached hydrogens (primary N) is 1. The molecule has 0 aliphatic carbocycles. The minimum Gasteiger partial charge on any atom is -0.333 e. The summed E-state index contributed by atoms with van der Waals surface area (Å²) in [7, 11) is 1.50. The van der Waals surface area contributed by atoms with Gasteiger partial charge < -0.3 is 10.5 Å². The zero-order valence-electron chi connectivity index (χ0n) is 19.9. The molecule has 0 unspecified atom stereocenters. The van der Waals surface area contributed by atoms with Crippen molar-refractivity contribution in [2.24, 2.45) is 10.7 Å². The van der Waals surface area contributed by atoms with E-state index in [0.29, 0.717) is 11.3 Å². The molecule has 2 N–H and O–H groups in total. The third-order valence-corrected chi connectivity index (χ3v) is 4.68. The largest absolute Gasteiger partial charge is 0.333 e. The molecule has 0 bridgehead atoms. The van der Waals surface area contributed by atoms with Crippen molar-refractivity contribution in [3.63, 3.8) is 0 Å². The van der Waals surface area contributed by atoms with Crippen LogP contribution in [0.15, 0.2) is 46.5 Å². The topological polar surface area (TPSA) is 58.7 Å². The summed E-state index contributed by atoms with van der Waals surface area (Å²) in [5.74, 6) is -0.0546. The molecule has 0 aromatic heterocycles. The van der Waals surface area contributed by atoms with Gasteiger partial charge in [-0.25, -0.2) is 4.39 Å². The zero-order chi connectivity index (χ0) is 23.1. The van der Waals surface area contributed by atoms with E-state index in [1.807, 2.05) is 26.0 Å². The standard InChI is InChI=1S/C21H29FN2.C3H6O.CH5N/c1-5-7-13-24-14-12-16(3)19(15-24)17(4)23-21(6-2)18-10-8-9-11-20(18)22;1-3(2)4;1-2/h6,8-11H,5,7,12-15H2,1-4H3;1-2H3;2H2,1H3/b21-6-,23-17?;;. The lowest BCUT2D eigenvalue weighted by molar-refractivity contribution is -0.114. The fraction of sp³-hybridized carbons (Fsp3) is 0.520. The highest BCUT2D eigenvalue weighted by Gasteiger charge is 2.18. The van der Waals surface area contributed by atoms with Gasteiger partial charge in [0.2, 0.25) is 0 Å². The van der Waals surface area contributed by atoms with E-state index in [1.54, 1.807) is 12.1 Å². The molecule has 2 rings (SSSR count). The highest BCUT2D eigenvalue weighted by atomic mass is 19.1. The van der Waals surface area contributed by atoms with Crippen LogP contribution < -0.4 is 5.73 Å². The Morgan fingerprint density at radius 1 is 1.23 bits per heavy atom. The van der Waals surface area contributed by atoms with Crippen molar-refractivity contribution in [2.45, 2.75) is 60.8 Å². The summed E-state index contributed by atoms with van der Waals surface area (Å²) < 4.78 is 14.1. The van der Waals surface area contributed by atoms with Gasteiger partial charge in [-0.05, 0) is 78.8 Å². The number of aliphatic imine (C=N–C) groups is 1. The van der Waals surface area contributed by atoms with Crippen molar-refractivity contribution in [1.82, 2.24) is 4.90 Å². The van der Waals surface area contributed by atoms with Crippen LogP contribution in [-0.2, 0) is 4.79 Å². The number of unbranched alkanes of at least 4 members (excludes halogenated alkanes) is 1. The van der Waals surface area contributed by atoms with Gasteiger partial charge in [-0.1, -0.05) is 37.1 Å². The highest BCUT2D eigenvalue weighted by Crippen LogP contribution is 2.24. The number of hydrogen-bond donors (Lipinski definition) is 1. The molecule has 1 aromatic carbocycles. The lowest BCUT2D eigenvalue weighted by Gasteiger charge is -2.30. The Bertz CT molecular complexity index is 747. The van der Waals surface area contributed by atoms with Crippen LogP contribution in [0, 0.1) is 5.82 Å². The summed E-state index contributed by atoms with van der Waals surface area (Å²) in [5.41, 5.74) is 9.50. The first-order valence-corrected chi connectivity index (χ1v) is 10.7. The Kier molecular flexibility index (Phi) is 14.6. The monoisotopic (exact) mass is 417 g/mol. The number of hydrogen-bond acceptors (Lipinski definition) is 4. The van der Waals surface area contributed by atoms with Gasteiger partial charge in [-0.15, -0.1) is 0 Å². The predicted octanol–water partition coefficient (Wildman–Crippen LogP) is 5.64. The average molecular weight is 418 g/mol. The van der Waals surface area contributed by atoms with Gasteiger partial charge in [0, 0.05) is 24.4 Å². The SMILES string of the molecule is C/C=C(\N=C(C)C1=C(C)CCN(CCCC)C1)c1ccccc1F.CC(C)=O.CN. The van der Waals surface area contributed by atoms with Crippen molar-refractivity contribution in [1.29, 1.82) is 0 Å². The first-order valence-electron chi connectivity index (χ1n) is 10.7. The number of Topliss-reactive ketones (excluding diaryl/α,β-unsaturated/α-hetero) is 1. The highest BCUT2D eigenvalue weighted by molar-refractivity contribution is 6.02. The number of halogens is 1. The second kappa shape index (κ2) is 15.7. The molecule has 0 amide bonds. The maximum absolute atomic E-state index is 14.1. The molecule has 1 aliphatic rings. The van der Waals surface area contributed by atoms with Crippen LogP contribution >= 0.6 is 0 Å². The van der Waals surface area contributed by atoms with Crippen molar-refractivity contribution in [2.75, 3.05) is 26.7 Å². The molecular weight excluding hydrogens is 377 g/mol. The molecule has 0 fully saturated rings. The fourth-order valence-electron chi connectivity index (χ4n) is 3.11. The molecule has 1 heterocycles. The maximum atomic E-state index is 14.1. The molecule has 0 atom stereocenters.